The van der Waals surface area contributed by atoms with Crippen LogP contribution >= 0.6 is 0 Å². The summed E-state index contributed by atoms with van der Waals surface area (Å²) in [5.74, 6) is -0.739. The normalized spacial score (nSPS) is 22.2. The molecule has 1 saturated carbocycles. The molecule has 1 heterocycles. The Kier molecular flexibility index (Phi) is 6.57. The van der Waals surface area contributed by atoms with Crippen molar-refractivity contribution < 1.29 is 18.0 Å². The third-order valence-electron chi connectivity index (χ3n) is 7.19. The number of nitrogens with zero attached hydrogens (tertiary/aromatic N) is 2. The molecular formula is C26H33N3O4S. The van der Waals surface area contributed by atoms with Gasteiger partial charge in [0.15, 0.2) is 0 Å². The fourth-order valence-corrected chi connectivity index (χ4v) is 6.44. The molecule has 1 atom stereocenters. The molecule has 2 fully saturated rings. The van der Waals surface area contributed by atoms with Crippen LogP contribution in [0.5, 0.6) is 0 Å². The van der Waals surface area contributed by atoms with Gasteiger partial charge in [-0.15, -0.1) is 0 Å². The topological polar surface area (TPSA) is 86.8 Å². The minimum Gasteiger partial charge on any atom is -0.351 e. The van der Waals surface area contributed by atoms with Gasteiger partial charge in [0.2, 0.25) is 21.8 Å². The number of hydrogen-bond donors (Lipinski definition) is 1. The SMILES string of the molecule is Cc1ccc(S(=O)(=O)N2CC(=O)N(c3cccc(C)c3C)C(C)(C(=O)NC3CCCC3)C2)cc1. The molecule has 0 radical (unpaired) electrons. The van der Waals surface area contributed by atoms with Crippen molar-refractivity contribution in [1.82, 2.24) is 9.62 Å². The molecule has 2 aromatic rings. The van der Waals surface area contributed by atoms with Crippen LogP contribution in [0.1, 0.15) is 49.3 Å². The summed E-state index contributed by atoms with van der Waals surface area (Å²) in [6.07, 6.45) is 3.89. The van der Waals surface area contributed by atoms with Gasteiger partial charge in [-0.2, -0.15) is 4.31 Å². The Morgan fingerprint density at radius 3 is 2.32 bits per heavy atom. The number of nitrogens with one attached hydrogen (secondary N) is 1. The van der Waals surface area contributed by atoms with Gasteiger partial charge in [-0.1, -0.05) is 42.7 Å². The Hall–Kier alpha value is -2.71. The quantitative estimate of drug-likeness (QED) is 0.706. The summed E-state index contributed by atoms with van der Waals surface area (Å²) in [6, 6.07) is 12.2. The molecule has 1 aliphatic heterocycles. The van der Waals surface area contributed by atoms with Gasteiger partial charge in [0, 0.05) is 18.3 Å². The number of benzene rings is 2. The Morgan fingerprint density at radius 1 is 1.03 bits per heavy atom. The smallest absolute Gasteiger partial charge is 0.247 e. The lowest BCUT2D eigenvalue weighted by Crippen LogP contribution is -2.70. The van der Waals surface area contributed by atoms with Crippen LogP contribution in [-0.2, 0) is 19.6 Å². The van der Waals surface area contributed by atoms with E-state index in [2.05, 4.69) is 5.32 Å². The number of carbonyl (C=O) groups is 2. The minimum absolute atomic E-state index is 0.0453. The van der Waals surface area contributed by atoms with Gasteiger partial charge in [0.1, 0.15) is 5.54 Å². The molecule has 7 nitrogen and oxygen atoms in total. The first kappa shape index (κ1) is 24.4. The summed E-state index contributed by atoms with van der Waals surface area (Å²) in [4.78, 5) is 29.0. The van der Waals surface area contributed by atoms with Crippen molar-refractivity contribution in [3.05, 3.63) is 59.2 Å². The predicted molar refractivity (Wildman–Crippen MR) is 132 cm³/mol. The van der Waals surface area contributed by atoms with E-state index in [9.17, 15) is 18.0 Å². The van der Waals surface area contributed by atoms with Gasteiger partial charge in [-0.25, -0.2) is 8.42 Å². The molecule has 1 aliphatic carbocycles. The third kappa shape index (κ3) is 4.36. The lowest BCUT2D eigenvalue weighted by molar-refractivity contribution is -0.133. The van der Waals surface area contributed by atoms with E-state index in [0.717, 1.165) is 46.7 Å². The highest BCUT2D eigenvalue weighted by Gasteiger charge is 2.51. The van der Waals surface area contributed by atoms with E-state index in [4.69, 9.17) is 0 Å². The molecule has 1 N–H and O–H groups in total. The number of carbonyl (C=O) groups excluding carboxylic acids is 2. The highest BCUT2D eigenvalue weighted by molar-refractivity contribution is 7.89. The Balaban J connectivity index is 1.76. The van der Waals surface area contributed by atoms with Crippen LogP contribution in [0.2, 0.25) is 0 Å². The number of anilines is 1. The zero-order chi connectivity index (χ0) is 24.7. The van der Waals surface area contributed by atoms with Crippen LogP contribution in [0.15, 0.2) is 47.4 Å². The lowest BCUT2D eigenvalue weighted by atomic mass is 9.92. The second-order valence-corrected chi connectivity index (χ2v) is 11.7. The lowest BCUT2D eigenvalue weighted by Gasteiger charge is -2.47. The second kappa shape index (κ2) is 9.15. The summed E-state index contributed by atoms with van der Waals surface area (Å²) in [5.41, 5.74) is 2.08. The molecule has 1 unspecified atom stereocenters. The first-order chi connectivity index (χ1) is 16.0. The van der Waals surface area contributed by atoms with Crippen molar-refractivity contribution >= 4 is 27.5 Å². The molecule has 2 amide bonds. The van der Waals surface area contributed by atoms with Gasteiger partial charge in [-0.05, 0) is 69.9 Å². The maximum atomic E-state index is 13.7. The molecular weight excluding hydrogens is 450 g/mol. The van der Waals surface area contributed by atoms with E-state index in [1.165, 1.54) is 4.90 Å². The van der Waals surface area contributed by atoms with Crippen molar-refractivity contribution in [3.8, 4) is 0 Å². The van der Waals surface area contributed by atoms with Gasteiger partial charge in [0.05, 0.1) is 11.4 Å². The molecule has 1 saturated heterocycles. The van der Waals surface area contributed by atoms with E-state index in [1.807, 2.05) is 39.0 Å². The zero-order valence-electron chi connectivity index (χ0n) is 20.3. The van der Waals surface area contributed by atoms with Crippen LogP contribution in [0.25, 0.3) is 0 Å². The number of piperazine rings is 1. The predicted octanol–water partition coefficient (Wildman–Crippen LogP) is 3.47. The molecule has 0 aromatic heterocycles. The molecule has 0 spiro atoms. The first-order valence-corrected chi connectivity index (χ1v) is 13.2. The minimum atomic E-state index is -3.96. The Labute approximate surface area is 202 Å². The molecule has 4 rings (SSSR count). The van der Waals surface area contributed by atoms with Gasteiger partial charge >= 0.3 is 0 Å². The van der Waals surface area contributed by atoms with Gasteiger partial charge in [-0.3, -0.25) is 14.5 Å². The Bertz CT molecular complexity index is 1200. The monoisotopic (exact) mass is 483 g/mol. The van der Waals surface area contributed by atoms with E-state index >= 15 is 0 Å². The fourth-order valence-electron chi connectivity index (χ4n) is 4.96. The summed E-state index contributed by atoms with van der Waals surface area (Å²) in [7, 11) is -3.96. The maximum absolute atomic E-state index is 13.7. The molecule has 8 heteroatoms. The number of rotatable bonds is 5. The first-order valence-electron chi connectivity index (χ1n) is 11.8. The van der Waals surface area contributed by atoms with Crippen LogP contribution < -0.4 is 10.2 Å². The second-order valence-electron chi connectivity index (χ2n) is 9.76. The molecule has 2 aromatic carbocycles. The van der Waals surface area contributed by atoms with E-state index < -0.39 is 21.5 Å². The van der Waals surface area contributed by atoms with Crippen LogP contribution in [0, 0.1) is 20.8 Å². The van der Waals surface area contributed by atoms with E-state index in [1.54, 1.807) is 31.2 Å². The summed E-state index contributed by atoms with van der Waals surface area (Å²) < 4.78 is 28.1. The highest BCUT2D eigenvalue weighted by atomic mass is 32.2. The average Bonchev–Trinajstić information content (AvgIpc) is 3.29. The van der Waals surface area contributed by atoms with Crippen LogP contribution in [-0.4, -0.2) is 49.2 Å². The largest absolute Gasteiger partial charge is 0.351 e. The standard InChI is InChI=1S/C26H33N3O4S/c1-18-12-14-22(15-13-18)34(32,33)28-16-24(30)29(23-11-7-8-19(2)20(23)3)26(4,17-28)25(31)27-21-9-5-6-10-21/h7-8,11-15,21H,5-6,9-10,16-17H2,1-4H3,(H,27,31). The van der Waals surface area contributed by atoms with Crippen LogP contribution in [0.3, 0.4) is 0 Å². The molecule has 182 valence electrons. The third-order valence-corrected chi connectivity index (χ3v) is 9.00. The van der Waals surface area contributed by atoms with Crippen molar-refractivity contribution in [2.24, 2.45) is 0 Å². The van der Waals surface area contributed by atoms with Crippen molar-refractivity contribution in [2.45, 2.75) is 69.9 Å². The van der Waals surface area contributed by atoms with E-state index in [0.29, 0.717) is 5.69 Å². The Morgan fingerprint density at radius 2 is 1.68 bits per heavy atom. The van der Waals surface area contributed by atoms with Crippen molar-refractivity contribution in [2.75, 3.05) is 18.0 Å². The molecule has 0 bridgehead atoms. The summed E-state index contributed by atoms with van der Waals surface area (Å²) in [5, 5.41) is 3.11. The molecule has 34 heavy (non-hydrogen) atoms. The number of sulfonamides is 1. The number of hydrogen-bond acceptors (Lipinski definition) is 4. The summed E-state index contributed by atoms with van der Waals surface area (Å²) >= 11 is 0. The van der Waals surface area contributed by atoms with Gasteiger partial charge < -0.3 is 5.32 Å². The van der Waals surface area contributed by atoms with E-state index in [-0.39, 0.29) is 29.9 Å². The number of amides is 2. The van der Waals surface area contributed by atoms with Crippen molar-refractivity contribution in [3.63, 3.8) is 0 Å². The van der Waals surface area contributed by atoms with Crippen molar-refractivity contribution in [1.29, 1.82) is 0 Å². The zero-order valence-corrected chi connectivity index (χ0v) is 21.1. The fraction of sp³-hybridized carbons (Fsp3) is 0.462. The van der Waals surface area contributed by atoms with Gasteiger partial charge in [0.25, 0.3) is 0 Å². The molecule has 2 aliphatic rings. The van der Waals surface area contributed by atoms with Crippen LogP contribution in [0.4, 0.5) is 5.69 Å². The maximum Gasteiger partial charge on any atom is 0.247 e. The highest BCUT2D eigenvalue weighted by Crippen LogP contribution is 2.35. The number of aryl methyl sites for hydroxylation is 2. The average molecular weight is 484 g/mol. The summed E-state index contributed by atoms with van der Waals surface area (Å²) in [6.45, 7) is 6.98.